The molecule has 0 nitrogen and oxygen atoms in total. The van der Waals surface area contributed by atoms with Gasteiger partial charge in [0.1, 0.15) is 0 Å². The van der Waals surface area contributed by atoms with Crippen molar-refractivity contribution in [1.29, 1.82) is 0 Å². The Morgan fingerprint density at radius 3 is 1.70 bits per heavy atom. The number of benzene rings is 3. The fourth-order valence-corrected chi connectivity index (χ4v) is 5.56. The summed E-state index contributed by atoms with van der Waals surface area (Å²) >= 11 is 0. The molecule has 0 N–H and O–H groups in total. The topological polar surface area (TPSA) is 0 Å². The van der Waals surface area contributed by atoms with Gasteiger partial charge in [0.05, 0.1) is 0 Å². The van der Waals surface area contributed by atoms with Crippen LogP contribution in [0.3, 0.4) is 0 Å². The van der Waals surface area contributed by atoms with E-state index in [-0.39, 0.29) is 5.41 Å². The molecule has 1 aliphatic carbocycles. The number of rotatable bonds is 8. The molecule has 0 aliphatic heterocycles. The van der Waals surface area contributed by atoms with Gasteiger partial charge in [-0.05, 0) is 107 Å². The smallest absolute Gasteiger partial charge is 0.0156 e. The lowest BCUT2D eigenvalue weighted by Crippen LogP contribution is -2.29. The summed E-state index contributed by atoms with van der Waals surface area (Å²) in [4.78, 5) is 0. The molecule has 1 fully saturated rings. The molecule has 1 aliphatic rings. The highest BCUT2D eigenvalue weighted by Crippen LogP contribution is 2.44. The van der Waals surface area contributed by atoms with Crippen molar-refractivity contribution in [3.8, 4) is 0 Å². The number of hydrogen-bond donors (Lipinski definition) is 0. The van der Waals surface area contributed by atoms with Gasteiger partial charge in [-0.3, -0.25) is 0 Å². The van der Waals surface area contributed by atoms with E-state index in [1.54, 1.807) is 0 Å². The number of allylic oxidation sites excluding steroid dienone is 7. The molecule has 248 valence electrons. The maximum Gasteiger partial charge on any atom is 0.0156 e. The maximum atomic E-state index is 4.23. The minimum atomic E-state index is 0.277. The third-order valence-corrected chi connectivity index (χ3v) is 9.22. The first-order chi connectivity index (χ1) is 21.9. The van der Waals surface area contributed by atoms with E-state index in [0.29, 0.717) is 0 Å². The van der Waals surface area contributed by atoms with E-state index >= 15 is 0 Å². The van der Waals surface area contributed by atoms with Crippen LogP contribution in [0.25, 0.3) is 5.57 Å². The van der Waals surface area contributed by atoms with Crippen LogP contribution in [-0.2, 0) is 18.3 Å². The SMILES string of the molecule is C=C(/C=C(/C)CC)c1ccccc1C.C=C(C)C1(c2ccccc2)CCCCC1.C=CC(C)=C(C)C.CCc1cccc(CC)c1. The second-order valence-corrected chi connectivity index (χ2v) is 12.9. The van der Waals surface area contributed by atoms with Gasteiger partial charge in [-0.25, -0.2) is 0 Å². The molecule has 0 aromatic heterocycles. The maximum absolute atomic E-state index is 4.23. The van der Waals surface area contributed by atoms with Gasteiger partial charge < -0.3 is 0 Å². The molecule has 0 spiro atoms. The van der Waals surface area contributed by atoms with Crippen LogP contribution in [-0.4, -0.2) is 0 Å². The van der Waals surface area contributed by atoms with E-state index in [4.69, 9.17) is 0 Å². The third-order valence-electron chi connectivity index (χ3n) is 9.22. The van der Waals surface area contributed by atoms with Crippen LogP contribution in [0.2, 0.25) is 0 Å². The molecule has 0 bridgehead atoms. The molecule has 3 aromatic carbocycles. The molecule has 46 heavy (non-hydrogen) atoms. The summed E-state index contributed by atoms with van der Waals surface area (Å²) in [5.41, 5.74) is 13.6. The van der Waals surface area contributed by atoms with E-state index in [2.05, 4.69) is 167 Å². The van der Waals surface area contributed by atoms with Gasteiger partial charge in [0.25, 0.3) is 0 Å². The van der Waals surface area contributed by atoms with Crippen LogP contribution in [0.5, 0.6) is 0 Å². The zero-order valence-corrected chi connectivity index (χ0v) is 30.9. The van der Waals surface area contributed by atoms with Crippen molar-refractivity contribution >= 4 is 5.57 Å². The van der Waals surface area contributed by atoms with Gasteiger partial charge in [0.2, 0.25) is 0 Å². The highest BCUT2D eigenvalue weighted by atomic mass is 14.4. The molecular weight excluding hydrogens is 553 g/mol. The van der Waals surface area contributed by atoms with Crippen LogP contribution in [0.15, 0.2) is 133 Å². The molecule has 4 rings (SSSR count). The molecule has 0 saturated heterocycles. The fraction of sp³-hybridized carbons (Fsp3) is 0.391. The normalized spacial score (nSPS) is 13.3. The van der Waals surface area contributed by atoms with Crippen LogP contribution in [0.4, 0.5) is 0 Å². The monoisotopic (exact) mass is 617 g/mol. The van der Waals surface area contributed by atoms with Crippen LogP contribution < -0.4 is 0 Å². The van der Waals surface area contributed by atoms with Crippen molar-refractivity contribution in [3.63, 3.8) is 0 Å². The van der Waals surface area contributed by atoms with Crippen molar-refractivity contribution in [2.75, 3.05) is 0 Å². The standard InChI is InChI=1S/C15H20.C14H18.C10H14.C7H12/c1-13(2)15(11-7-4-8-12-15)14-9-5-3-6-10-14;1-5-11(2)10-13(4)14-9-7-6-8-12(14)3;1-3-9-6-5-7-10(4-2)8-9;1-5-7(4)6(2)3/h3,5-6,9-10H,1,4,7-8,11-12H2,2H3;6-10H,4-5H2,1-3H3;5-8H,3-4H2,1-2H3;5H,1H2,2-4H3/b;11-10-;;. The highest BCUT2D eigenvalue weighted by Gasteiger charge is 2.34. The van der Waals surface area contributed by atoms with Crippen LogP contribution in [0.1, 0.15) is 122 Å². The Kier molecular flexibility index (Phi) is 19.3. The lowest BCUT2D eigenvalue weighted by atomic mass is 9.66. The third kappa shape index (κ3) is 13.8. The van der Waals surface area contributed by atoms with Crippen LogP contribution in [0, 0.1) is 6.92 Å². The molecule has 3 aromatic rings. The highest BCUT2D eigenvalue weighted by molar-refractivity contribution is 5.74. The molecule has 0 amide bonds. The Balaban J connectivity index is 0.000000319. The quantitative estimate of drug-likeness (QED) is 0.174. The molecule has 0 heteroatoms. The summed E-state index contributed by atoms with van der Waals surface area (Å²) in [5.74, 6) is 0. The molecule has 0 unspecified atom stereocenters. The largest absolute Gasteiger partial charge is 0.0992 e. The summed E-state index contributed by atoms with van der Waals surface area (Å²) in [6, 6.07) is 28.1. The first-order valence-electron chi connectivity index (χ1n) is 17.4. The van der Waals surface area contributed by atoms with E-state index in [9.17, 15) is 0 Å². The Morgan fingerprint density at radius 2 is 1.26 bits per heavy atom. The van der Waals surface area contributed by atoms with Crippen molar-refractivity contribution < 1.29 is 0 Å². The molecule has 1 saturated carbocycles. The van der Waals surface area contributed by atoms with Crippen molar-refractivity contribution in [2.45, 2.75) is 119 Å². The lowest BCUT2D eigenvalue weighted by Gasteiger charge is -2.38. The lowest BCUT2D eigenvalue weighted by molar-refractivity contribution is 0.340. The summed E-state index contributed by atoms with van der Waals surface area (Å²) in [7, 11) is 0. The fourth-order valence-electron chi connectivity index (χ4n) is 5.56. The molecule has 0 radical (unpaired) electrons. The molecular formula is C46H64. The van der Waals surface area contributed by atoms with Gasteiger partial charge in [-0.1, -0.05) is 173 Å². The minimum Gasteiger partial charge on any atom is -0.0992 e. The van der Waals surface area contributed by atoms with E-state index < -0.39 is 0 Å². The van der Waals surface area contributed by atoms with E-state index in [0.717, 1.165) is 24.8 Å². The second-order valence-electron chi connectivity index (χ2n) is 12.9. The molecule has 0 atom stereocenters. The summed E-state index contributed by atoms with van der Waals surface area (Å²) in [6.07, 6.45) is 14.1. The van der Waals surface area contributed by atoms with Crippen molar-refractivity contribution in [3.05, 3.63) is 161 Å². The average Bonchev–Trinajstić information content (AvgIpc) is 3.09. The zero-order chi connectivity index (χ0) is 34.5. The summed E-state index contributed by atoms with van der Waals surface area (Å²) in [5, 5.41) is 0. The number of hydrogen-bond acceptors (Lipinski definition) is 0. The Bertz CT molecular complexity index is 1380. The van der Waals surface area contributed by atoms with Crippen LogP contribution >= 0.6 is 0 Å². The Labute approximate surface area is 284 Å². The van der Waals surface area contributed by atoms with Gasteiger partial charge >= 0.3 is 0 Å². The van der Waals surface area contributed by atoms with Gasteiger partial charge in [-0.15, -0.1) is 0 Å². The first kappa shape index (κ1) is 40.4. The minimum absolute atomic E-state index is 0.277. The number of aryl methyl sites for hydroxylation is 3. The van der Waals surface area contributed by atoms with Gasteiger partial charge in [0.15, 0.2) is 0 Å². The summed E-state index contributed by atoms with van der Waals surface area (Å²) < 4.78 is 0. The summed E-state index contributed by atoms with van der Waals surface area (Å²) in [6.45, 7) is 31.2. The van der Waals surface area contributed by atoms with Gasteiger partial charge in [-0.2, -0.15) is 0 Å². The predicted octanol–water partition coefficient (Wildman–Crippen LogP) is 14.2. The van der Waals surface area contributed by atoms with Crippen molar-refractivity contribution in [2.24, 2.45) is 0 Å². The van der Waals surface area contributed by atoms with E-state index in [1.165, 1.54) is 82.2 Å². The van der Waals surface area contributed by atoms with Crippen molar-refractivity contribution in [1.82, 2.24) is 0 Å². The predicted molar refractivity (Wildman–Crippen MR) is 210 cm³/mol. The Hall–Kier alpha value is -3.64. The van der Waals surface area contributed by atoms with Gasteiger partial charge in [0, 0.05) is 5.41 Å². The molecule has 0 heterocycles. The van der Waals surface area contributed by atoms with E-state index in [1.807, 2.05) is 6.08 Å². The average molecular weight is 617 g/mol. The second kappa shape index (κ2) is 22.0. The zero-order valence-electron chi connectivity index (χ0n) is 30.9. The Morgan fingerprint density at radius 1 is 0.717 bits per heavy atom. The first-order valence-corrected chi connectivity index (χ1v) is 17.4.